The monoisotopic (exact) mass is 459 g/mol. The number of nitrogens with zero attached hydrogens (tertiary/aromatic N) is 1. The highest BCUT2D eigenvalue weighted by Gasteiger charge is 2.38. The summed E-state index contributed by atoms with van der Waals surface area (Å²) < 4.78 is 2.50. The fraction of sp³-hybridized carbons (Fsp3) is 0.0857. The molecule has 1 heteroatoms. The van der Waals surface area contributed by atoms with Crippen molar-refractivity contribution in [3.8, 4) is 16.8 Å². The van der Waals surface area contributed by atoms with Crippen LogP contribution >= 0.6 is 0 Å². The maximum atomic E-state index is 2.50. The summed E-state index contributed by atoms with van der Waals surface area (Å²) in [6.45, 7) is 4.79. The van der Waals surface area contributed by atoms with E-state index in [1.165, 1.54) is 71.3 Å². The topological polar surface area (TPSA) is 4.93 Å². The summed E-state index contributed by atoms with van der Waals surface area (Å²) in [5.41, 5.74) is 9.25. The van der Waals surface area contributed by atoms with Crippen molar-refractivity contribution < 1.29 is 0 Å². The second-order valence-electron chi connectivity index (χ2n) is 10.6. The number of hydrogen-bond donors (Lipinski definition) is 0. The van der Waals surface area contributed by atoms with Crippen molar-refractivity contribution >= 4 is 43.4 Å². The smallest absolute Gasteiger partial charge is 0.0588 e. The summed E-state index contributed by atoms with van der Waals surface area (Å²) in [6, 6.07) is 42.6. The number of para-hydroxylation sites is 1. The third-order valence-electron chi connectivity index (χ3n) is 8.30. The normalized spacial score (nSPS) is 14.1. The quantitative estimate of drug-likeness (QED) is 0.230. The van der Waals surface area contributed by atoms with Gasteiger partial charge in [0, 0.05) is 21.9 Å². The van der Waals surface area contributed by atoms with Crippen molar-refractivity contribution in [3.05, 3.63) is 126 Å². The lowest BCUT2D eigenvalue weighted by Crippen LogP contribution is -2.16. The van der Waals surface area contributed by atoms with Gasteiger partial charge in [0.2, 0.25) is 0 Å². The Balaban J connectivity index is 1.53. The Bertz CT molecular complexity index is 2020. The van der Waals surface area contributed by atoms with E-state index in [4.69, 9.17) is 0 Å². The molecule has 1 aromatic heterocycles. The molecule has 0 saturated heterocycles. The third-order valence-corrected chi connectivity index (χ3v) is 8.30. The molecule has 0 N–H and O–H groups in total. The fourth-order valence-electron chi connectivity index (χ4n) is 6.61. The van der Waals surface area contributed by atoms with Gasteiger partial charge in [-0.25, -0.2) is 0 Å². The molecular formula is C35H25N. The molecule has 1 nitrogen and oxygen atoms in total. The van der Waals surface area contributed by atoms with Gasteiger partial charge >= 0.3 is 0 Å². The van der Waals surface area contributed by atoms with Gasteiger partial charge in [-0.1, -0.05) is 98.8 Å². The molecule has 8 rings (SSSR count). The van der Waals surface area contributed by atoms with Gasteiger partial charge in [0.1, 0.15) is 0 Å². The van der Waals surface area contributed by atoms with Gasteiger partial charge in [-0.2, -0.15) is 0 Å². The zero-order valence-corrected chi connectivity index (χ0v) is 20.4. The molecule has 0 radical (unpaired) electrons. The summed E-state index contributed by atoms with van der Waals surface area (Å²) in [5, 5.41) is 7.77. The lowest BCUT2D eigenvalue weighted by atomic mass is 9.81. The molecule has 0 unspecified atom stereocenters. The predicted octanol–water partition coefficient (Wildman–Crippen LogP) is 9.40. The van der Waals surface area contributed by atoms with E-state index in [9.17, 15) is 0 Å². The Morgan fingerprint density at radius 3 is 2.00 bits per heavy atom. The molecule has 1 aliphatic carbocycles. The average Bonchev–Trinajstić information content (AvgIpc) is 3.36. The van der Waals surface area contributed by atoms with Crippen LogP contribution in [-0.4, -0.2) is 4.57 Å². The molecule has 0 atom stereocenters. The van der Waals surface area contributed by atoms with Crippen molar-refractivity contribution in [1.29, 1.82) is 0 Å². The highest BCUT2D eigenvalue weighted by atomic mass is 15.0. The summed E-state index contributed by atoms with van der Waals surface area (Å²) in [7, 11) is 0. The number of benzene rings is 6. The van der Waals surface area contributed by atoms with Crippen molar-refractivity contribution in [3.63, 3.8) is 0 Å². The molecule has 0 aliphatic heterocycles. The highest BCUT2D eigenvalue weighted by Crippen LogP contribution is 2.53. The van der Waals surface area contributed by atoms with Crippen LogP contribution < -0.4 is 0 Å². The predicted molar refractivity (Wildman–Crippen MR) is 153 cm³/mol. The second-order valence-corrected chi connectivity index (χ2v) is 10.6. The fourth-order valence-corrected chi connectivity index (χ4v) is 6.61. The maximum absolute atomic E-state index is 2.50. The maximum Gasteiger partial charge on any atom is 0.0588 e. The van der Waals surface area contributed by atoms with E-state index in [0.717, 1.165) is 0 Å². The zero-order valence-electron chi connectivity index (χ0n) is 20.4. The van der Waals surface area contributed by atoms with Crippen molar-refractivity contribution in [2.75, 3.05) is 0 Å². The average molecular weight is 460 g/mol. The van der Waals surface area contributed by atoms with E-state index in [1.54, 1.807) is 0 Å². The summed E-state index contributed by atoms with van der Waals surface area (Å²) in [4.78, 5) is 0. The lowest BCUT2D eigenvalue weighted by Gasteiger charge is -2.24. The molecular weight excluding hydrogens is 434 g/mol. The van der Waals surface area contributed by atoms with E-state index in [-0.39, 0.29) is 5.41 Å². The third kappa shape index (κ3) is 2.50. The van der Waals surface area contributed by atoms with Crippen LogP contribution in [-0.2, 0) is 5.41 Å². The first-order chi connectivity index (χ1) is 17.6. The van der Waals surface area contributed by atoms with E-state index in [1.807, 2.05) is 0 Å². The minimum atomic E-state index is -0.114. The van der Waals surface area contributed by atoms with Gasteiger partial charge in [-0.05, 0) is 74.1 Å². The van der Waals surface area contributed by atoms with E-state index < -0.39 is 0 Å². The van der Waals surface area contributed by atoms with Gasteiger partial charge in [-0.3, -0.25) is 0 Å². The molecule has 1 heterocycles. The number of hydrogen-bond acceptors (Lipinski definition) is 0. The molecule has 0 bridgehead atoms. The molecule has 7 aromatic rings. The van der Waals surface area contributed by atoms with Gasteiger partial charge in [0.05, 0.1) is 11.0 Å². The molecule has 1 aliphatic rings. The Morgan fingerprint density at radius 2 is 1.19 bits per heavy atom. The van der Waals surface area contributed by atoms with Gasteiger partial charge < -0.3 is 4.57 Å². The Morgan fingerprint density at radius 1 is 0.528 bits per heavy atom. The largest absolute Gasteiger partial charge is 0.309 e. The van der Waals surface area contributed by atoms with Crippen LogP contribution in [0.3, 0.4) is 0 Å². The van der Waals surface area contributed by atoms with Crippen LogP contribution in [0, 0.1) is 0 Å². The summed E-state index contributed by atoms with van der Waals surface area (Å²) in [5.74, 6) is 0. The van der Waals surface area contributed by atoms with Crippen LogP contribution in [0.25, 0.3) is 60.2 Å². The summed E-state index contributed by atoms with van der Waals surface area (Å²) in [6.07, 6.45) is 0. The first kappa shape index (κ1) is 19.9. The van der Waals surface area contributed by atoms with Crippen LogP contribution in [0.2, 0.25) is 0 Å². The van der Waals surface area contributed by atoms with Gasteiger partial charge in [-0.15, -0.1) is 0 Å². The Labute approximate surface area is 210 Å². The van der Waals surface area contributed by atoms with E-state index in [2.05, 4.69) is 134 Å². The first-order valence-electron chi connectivity index (χ1n) is 12.7. The van der Waals surface area contributed by atoms with Gasteiger partial charge in [0.15, 0.2) is 0 Å². The molecule has 6 aromatic carbocycles. The summed E-state index contributed by atoms with van der Waals surface area (Å²) >= 11 is 0. The minimum Gasteiger partial charge on any atom is -0.309 e. The van der Waals surface area contributed by atoms with Crippen molar-refractivity contribution in [1.82, 2.24) is 4.57 Å². The Hall–Kier alpha value is -4.36. The van der Waals surface area contributed by atoms with E-state index >= 15 is 0 Å². The van der Waals surface area contributed by atoms with Crippen LogP contribution in [0.15, 0.2) is 115 Å². The molecule has 36 heavy (non-hydrogen) atoms. The molecule has 0 amide bonds. The van der Waals surface area contributed by atoms with Crippen LogP contribution in [0.4, 0.5) is 0 Å². The molecule has 170 valence electrons. The van der Waals surface area contributed by atoms with Gasteiger partial charge in [0.25, 0.3) is 0 Å². The molecule has 0 fully saturated rings. The standard InChI is InChI=1S/C35H25N/c1-35(2)31-21-25-12-6-5-11-24(25)20-30(31)28-17-18-29-27-13-7-8-14-32(27)36(34(29)33(28)35)26-16-15-22-9-3-4-10-23(22)19-26/h3-21H,1-2H3. The Kier molecular flexibility index (Phi) is 3.79. The van der Waals surface area contributed by atoms with Crippen molar-refractivity contribution in [2.24, 2.45) is 0 Å². The second kappa shape index (κ2) is 6.86. The van der Waals surface area contributed by atoms with Crippen LogP contribution in [0.1, 0.15) is 25.0 Å². The zero-order chi connectivity index (χ0) is 24.0. The number of aromatic nitrogens is 1. The lowest BCUT2D eigenvalue weighted by molar-refractivity contribution is 0.664. The number of fused-ring (bicyclic) bond motifs is 9. The molecule has 0 saturated carbocycles. The SMILES string of the molecule is CC1(C)c2cc3ccccc3cc2-c2ccc3c4ccccc4n(-c4ccc5ccccc5c4)c3c21. The molecule has 0 spiro atoms. The highest BCUT2D eigenvalue weighted by molar-refractivity contribution is 6.13. The minimum absolute atomic E-state index is 0.114. The van der Waals surface area contributed by atoms with Crippen LogP contribution in [0.5, 0.6) is 0 Å². The van der Waals surface area contributed by atoms with Crippen molar-refractivity contribution in [2.45, 2.75) is 19.3 Å². The first-order valence-corrected chi connectivity index (χ1v) is 12.7. The van der Waals surface area contributed by atoms with E-state index in [0.29, 0.717) is 0 Å². The number of rotatable bonds is 1.